The number of halogens is 1. The first kappa shape index (κ1) is 12.3. The maximum atomic E-state index is 12.8. The van der Waals surface area contributed by atoms with E-state index in [-0.39, 0.29) is 18.1 Å². The molecule has 0 saturated heterocycles. The Morgan fingerprint density at radius 1 is 1.44 bits per heavy atom. The number of aromatic nitrogens is 2. The lowest BCUT2D eigenvalue weighted by Crippen LogP contribution is -2.04. The van der Waals surface area contributed by atoms with Crippen molar-refractivity contribution in [2.75, 3.05) is 7.11 Å². The molecule has 0 amide bonds. The Bertz CT molecular complexity index is 563. The summed E-state index contributed by atoms with van der Waals surface area (Å²) in [7, 11) is 1.50. The van der Waals surface area contributed by atoms with Gasteiger partial charge in [0.1, 0.15) is 5.82 Å². The van der Waals surface area contributed by atoms with Gasteiger partial charge in [0.05, 0.1) is 18.0 Å². The number of hydrogen-bond acceptors (Lipinski definition) is 3. The maximum Gasteiger partial charge on any atom is 0.356 e. The van der Waals surface area contributed by atoms with Crippen molar-refractivity contribution in [1.82, 2.24) is 9.78 Å². The number of benzene rings is 1. The van der Waals surface area contributed by atoms with Gasteiger partial charge in [-0.2, -0.15) is 5.10 Å². The molecule has 0 unspecified atom stereocenters. The van der Waals surface area contributed by atoms with Crippen LogP contribution in [0, 0.1) is 5.82 Å². The van der Waals surface area contributed by atoms with Gasteiger partial charge < -0.3 is 9.84 Å². The number of carbonyl (C=O) groups is 1. The van der Waals surface area contributed by atoms with Crippen LogP contribution in [-0.2, 0) is 11.3 Å². The van der Waals surface area contributed by atoms with E-state index in [0.717, 1.165) is 0 Å². The fourth-order valence-electron chi connectivity index (χ4n) is 1.58. The van der Waals surface area contributed by atoms with E-state index in [1.54, 1.807) is 0 Å². The monoisotopic (exact) mass is 250 g/mol. The van der Waals surface area contributed by atoms with E-state index < -0.39 is 5.97 Å². The van der Waals surface area contributed by atoms with Crippen molar-refractivity contribution in [3.8, 4) is 5.69 Å². The summed E-state index contributed by atoms with van der Waals surface area (Å²) >= 11 is 0. The number of rotatable bonds is 4. The predicted octanol–water partition coefficient (Wildman–Crippen LogP) is 1.86. The van der Waals surface area contributed by atoms with Crippen molar-refractivity contribution in [2.45, 2.75) is 6.61 Å². The SMILES string of the molecule is COCc1cc(C(=O)O)nn1-c1ccc(F)cc1. The first-order valence-corrected chi connectivity index (χ1v) is 5.19. The molecule has 0 spiro atoms. The normalized spacial score (nSPS) is 10.6. The highest BCUT2D eigenvalue weighted by atomic mass is 19.1. The molecule has 0 aliphatic heterocycles. The number of aromatic carboxylic acids is 1. The van der Waals surface area contributed by atoms with E-state index in [1.807, 2.05) is 0 Å². The zero-order valence-electron chi connectivity index (χ0n) is 9.63. The van der Waals surface area contributed by atoms with E-state index in [1.165, 1.54) is 42.1 Å². The highest BCUT2D eigenvalue weighted by molar-refractivity contribution is 5.85. The zero-order chi connectivity index (χ0) is 13.1. The highest BCUT2D eigenvalue weighted by Crippen LogP contribution is 2.14. The van der Waals surface area contributed by atoms with Crippen LogP contribution in [0.3, 0.4) is 0 Å². The van der Waals surface area contributed by atoms with Gasteiger partial charge in [0, 0.05) is 7.11 Å². The molecule has 0 aliphatic rings. The second-order valence-corrected chi connectivity index (χ2v) is 3.65. The van der Waals surface area contributed by atoms with Gasteiger partial charge in [0.25, 0.3) is 0 Å². The summed E-state index contributed by atoms with van der Waals surface area (Å²) in [6.45, 7) is 0.220. The molecule has 1 heterocycles. The Morgan fingerprint density at radius 3 is 2.67 bits per heavy atom. The van der Waals surface area contributed by atoms with Gasteiger partial charge in [-0.15, -0.1) is 0 Å². The zero-order valence-corrected chi connectivity index (χ0v) is 9.63. The molecule has 0 fully saturated rings. The minimum atomic E-state index is -1.12. The standard InChI is InChI=1S/C12H11FN2O3/c1-18-7-10-6-11(12(16)17)14-15(10)9-4-2-8(13)3-5-9/h2-6H,7H2,1H3,(H,16,17). The summed E-state index contributed by atoms with van der Waals surface area (Å²) in [6, 6.07) is 7.04. The Kier molecular flexibility index (Phi) is 3.38. The molecule has 1 N–H and O–H groups in total. The lowest BCUT2D eigenvalue weighted by atomic mass is 10.3. The molecule has 0 bridgehead atoms. The number of ether oxygens (including phenoxy) is 1. The summed E-state index contributed by atoms with van der Waals surface area (Å²) in [6.07, 6.45) is 0. The third-order valence-corrected chi connectivity index (χ3v) is 2.37. The lowest BCUT2D eigenvalue weighted by Gasteiger charge is -2.06. The quantitative estimate of drug-likeness (QED) is 0.899. The highest BCUT2D eigenvalue weighted by Gasteiger charge is 2.14. The molecule has 6 heteroatoms. The Hall–Kier alpha value is -2.21. The van der Waals surface area contributed by atoms with Crippen molar-refractivity contribution in [1.29, 1.82) is 0 Å². The summed E-state index contributed by atoms with van der Waals surface area (Å²) in [5.74, 6) is -1.48. The van der Waals surface area contributed by atoms with Gasteiger partial charge in [-0.1, -0.05) is 0 Å². The average molecular weight is 250 g/mol. The van der Waals surface area contributed by atoms with Crippen molar-refractivity contribution >= 4 is 5.97 Å². The van der Waals surface area contributed by atoms with Crippen LogP contribution in [0.2, 0.25) is 0 Å². The number of methoxy groups -OCH3 is 1. The molecule has 0 radical (unpaired) electrons. The summed E-state index contributed by atoms with van der Waals surface area (Å²) in [4.78, 5) is 10.9. The third-order valence-electron chi connectivity index (χ3n) is 2.37. The van der Waals surface area contributed by atoms with Crippen LogP contribution in [-0.4, -0.2) is 28.0 Å². The summed E-state index contributed by atoms with van der Waals surface area (Å²) in [5.41, 5.74) is 1.09. The fraction of sp³-hybridized carbons (Fsp3) is 0.167. The van der Waals surface area contributed by atoms with E-state index >= 15 is 0 Å². The average Bonchev–Trinajstić information content (AvgIpc) is 2.75. The lowest BCUT2D eigenvalue weighted by molar-refractivity contribution is 0.0690. The van der Waals surface area contributed by atoms with Gasteiger partial charge in [-0.3, -0.25) is 0 Å². The molecule has 18 heavy (non-hydrogen) atoms. The first-order chi connectivity index (χ1) is 8.61. The summed E-state index contributed by atoms with van der Waals surface area (Å²) in [5, 5.41) is 12.8. The molecule has 2 aromatic rings. The molecule has 94 valence electrons. The molecule has 1 aromatic heterocycles. The Morgan fingerprint density at radius 2 is 2.11 bits per heavy atom. The molecule has 0 saturated carbocycles. The molecular weight excluding hydrogens is 239 g/mol. The minimum Gasteiger partial charge on any atom is -0.476 e. The molecule has 5 nitrogen and oxygen atoms in total. The van der Waals surface area contributed by atoms with Gasteiger partial charge in [0.2, 0.25) is 0 Å². The smallest absolute Gasteiger partial charge is 0.356 e. The van der Waals surface area contributed by atoms with Crippen LogP contribution >= 0.6 is 0 Å². The largest absolute Gasteiger partial charge is 0.476 e. The van der Waals surface area contributed by atoms with Crippen molar-refractivity contribution < 1.29 is 19.0 Å². The number of nitrogens with zero attached hydrogens (tertiary/aromatic N) is 2. The molecule has 0 aliphatic carbocycles. The van der Waals surface area contributed by atoms with Crippen molar-refractivity contribution in [3.63, 3.8) is 0 Å². The summed E-state index contributed by atoms with van der Waals surface area (Å²) < 4.78 is 19.2. The van der Waals surface area contributed by atoms with Crippen LogP contribution in [0.1, 0.15) is 16.2 Å². The van der Waals surface area contributed by atoms with E-state index in [9.17, 15) is 9.18 Å². The maximum absolute atomic E-state index is 12.8. The Balaban J connectivity index is 2.47. The van der Waals surface area contributed by atoms with Gasteiger partial charge in [-0.05, 0) is 30.3 Å². The molecular formula is C12H11FN2O3. The number of hydrogen-bond donors (Lipinski definition) is 1. The third kappa shape index (κ3) is 2.38. The predicted molar refractivity (Wildman–Crippen MR) is 61.2 cm³/mol. The van der Waals surface area contributed by atoms with E-state index in [4.69, 9.17) is 9.84 Å². The van der Waals surface area contributed by atoms with E-state index in [2.05, 4.69) is 5.10 Å². The second kappa shape index (κ2) is 4.97. The van der Waals surface area contributed by atoms with Crippen LogP contribution in [0.4, 0.5) is 4.39 Å². The molecule has 2 rings (SSSR count). The second-order valence-electron chi connectivity index (χ2n) is 3.65. The Labute approximate surface area is 102 Å². The topological polar surface area (TPSA) is 64.3 Å². The number of carboxylic acids is 1. The molecule has 0 atom stereocenters. The van der Waals surface area contributed by atoms with Gasteiger partial charge in [0.15, 0.2) is 5.69 Å². The van der Waals surface area contributed by atoms with Gasteiger partial charge >= 0.3 is 5.97 Å². The molecule has 1 aromatic carbocycles. The van der Waals surface area contributed by atoms with Gasteiger partial charge in [-0.25, -0.2) is 13.9 Å². The van der Waals surface area contributed by atoms with Crippen LogP contribution < -0.4 is 0 Å². The van der Waals surface area contributed by atoms with Crippen molar-refractivity contribution in [3.05, 3.63) is 47.5 Å². The number of carboxylic acid groups (broad SMARTS) is 1. The van der Waals surface area contributed by atoms with Crippen LogP contribution in [0.25, 0.3) is 5.69 Å². The van der Waals surface area contributed by atoms with E-state index in [0.29, 0.717) is 11.4 Å². The first-order valence-electron chi connectivity index (χ1n) is 5.19. The van der Waals surface area contributed by atoms with Crippen LogP contribution in [0.5, 0.6) is 0 Å². The fourth-order valence-corrected chi connectivity index (χ4v) is 1.58. The van der Waals surface area contributed by atoms with Crippen molar-refractivity contribution in [2.24, 2.45) is 0 Å². The minimum absolute atomic E-state index is 0.0774. The van der Waals surface area contributed by atoms with Crippen LogP contribution in [0.15, 0.2) is 30.3 Å².